The van der Waals surface area contributed by atoms with Gasteiger partial charge in [0.05, 0.1) is 20.3 Å². The van der Waals surface area contributed by atoms with Gasteiger partial charge in [0.25, 0.3) is 0 Å². The van der Waals surface area contributed by atoms with E-state index in [1.807, 2.05) is 24.3 Å². The highest BCUT2D eigenvalue weighted by molar-refractivity contribution is 5.88. The van der Waals surface area contributed by atoms with Crippen molar-refractivity contribution in [1.29, 1.82) is 0 Å². The number of rotatable bonds is 3. The number of likely N-dealkylation sites (tertiary alicyclic amines) is 1. The van der Waals surface area contributed by atoms with Gasteiger partial charge in [0, 0.05) is 19.4 Å². The van der Waals surface area contributed by atoms with Gasteiger partial charge < -0.3 is 9.47 Å². The molecule has 0 saturated carbocycles. The first kappa shape index (κ1) is 14.4. The van der Waals surface area contributed by atoms with Crippen molar-refractivity contribution in [2.75, 3.05) is 20.8 Å². The Kier molecular flexibility index (Phi) is 4.61. The van der Waals surface area contributed by atoms with Crippen LogP contribution < -0.4 is 4.74 Å². The first-order valence-corrected chi connectivity index (χ1v) is 6.66. The number of nitrogens with zero attached hydrogens (tertiary/aromatic N) is 1. The molecule has 108 valence electrons. The number of amides is 1. The van der Waals surface area contributed by atoms with Crippen LogP contribution in [0.3, 0.4) is 0 Å². The third kappa shape index (κ3) is 3.10. The van der Waals surface area contributed by atoms with Crippen LogP contribution >= 0.6 is 0 Å². The molecule has 5 nitrogen and oxygen atoms in total. The second kappa shape index (κ2) is 6.41. The molecule has 1 saturated heterocycles. The Hall–Kier alpha value is -2.04. The van der Waals surface area contributed by atoms with Crippen molar-refractivity contribution in [2.45, 2.75) is 25.3 Å². The quantitative estimate of drug-likeness (QED) is 0.848. The molecule has 0 bridgehead atoms. The molecule has 1 amide bonds. The molecule has 20 heavy (non-hydrogen) atoms. The Labute approximate surface area is 118 Å². The van der Waals surface area contributed by atoms with Gasteiger partial charge in [0.2, 0.25) is 0 Å². The van der Waals surface area contributed by atoms with Gasteiger partial charge in [-0.3, -0.25) is 9.69 Å². The summed E-state index contributed by atoms with van der Waals surface area (Å²) >= 11 is 0. The molecule has 0 radical (unpaired) electrons. The van der Waals surface area contributed by atoms with Gasteiger partial charge in [0.15, 0.2) is 5.78 Å². The number of carbonyl (C=O) groups is 2. The van der Waals surface area contributed by atoms with Crippen molar-refractivity contribution in [1.82, 2.24) is 4.90 Å². The number of ketones is 1. The van der Waals surface area contributed by atoms with E-state index in [0.29, 0.717) is 25.8 Å². The first-order valence-electron chi connectivity index (χ1n) is 6.66. The lowest BCUT2D eigenvalue weighted by atomic mass is 9.94. The summed E-state index contributed by atoms with van der Waals surface area (Å²) in [5.74, 6) is 0.833. The molecule has 0 aromatic heterocycles. The minimum atomic E-state index is -0.441. The maximum atomic E-state index is 12.1. The molecule has 0 spiro atoms. The van der Waals surface area contributed by atoms with E-state index in [1.165, 1.54) is 12.0 Å². The Morgan fingerprint density at radius 3 is 2.90 bits per heavy atom. The molecule has 1 aromatic carbocycles. The number of ether oxygens (including phenoxy) is 2. The van der Waals surface area contributed by atoms with Crippen molar-refractivity contribution in [3.8, 4) is 5.75 Å². The van der Waals surface area contributed by atoms with Crippen LogP contribution in [0.5, 0.6) is 5.75 Å². The topological polar surface area (TPSA) is 55.8 Å². The average molecular weight is 277 g/mol. The Morgan fingerprint density at radius 1 is 1.40 bits per heavy atom. The van der Waals surface area contributed by atoms with E-state index in [2.05, 4.69) is 0 Å². The van der Waals surface area contributed by atoms with E-state index >= 15 is 0 Å². The summed E-state index contributed by atoms with van der Waals surface area (Å²) < 4.78 is 9.94. The smallest absolute Gasteiger partial charge is 0.410 e. The van der Waals surface area contributed by atoms with Crippen LogP contribution in [0.1, 0.15) is 18.4 Å². The Bertz CT molecular complexity index is 500. The van der Waals surface area contributed by atoms with Gasteiger partial charge in [-0.2, -0.15) is 0 Å². The summed E-state index contributed by atoms with van der Waals surface area (Å²) in [5.41, 5.74) is 0.971. The standard InChI is InChI=1S/C15H19NO4/c1-19-12-6-3-5-11(9-12)10-13-14(17)7-4-8-16(13)15(18)20-2/h3,5-6,9,13H,4,7-8,10H2,1-2H3. The fraction of sp³-hybridized carbons (Fsp3) is 0.467. The van der Waals surface area contributed by atoms with Crippen molar-refractivity contribution in [2.24, 2.45) is 0 Å². The second-order valence-corrected chi connectivity index (χ2v) is 4.80. The second-order valence-electron chi connectivity index (χ2n) is 4.80. The molecule has 1 atom stereocenters. The largest absolute Gasteiger partial charge is 0.497 e. The number of Topliss-reactive ketones (excluding diaryl/α,β-unsaturated/α-hetero) is 1. The molecule has 1 heterocycles. The van der Waals surface area contributed by atoms with Crippen molar-refractivity contribution < 1.29 is 19.1 Å². The molecule has 1 aliphatic rings. The van der Waals surface area contributed by atoms with Crippen LogP contribution in [0.25, 0.3) is 0 Å². The highest BCUT2D eigenvalue weighted by atomic mass is 16.5. The maximum absolute atomic E-state index is 12.1. The summed E-state index contributed by atoms with van der Waals surface area (Å²) in [4.78, 5) is 25.4. The third-order valence-electron chi connectivity index (χ3n) is 3.54. The first-order chi connectivity index (χ1) is 9.65. The zero-order valence-electron chi connectivity index (χ0n) is 11.8. The highest BCUT2D eigenvalue weighted by Crippen LogP contribution is 2.21. The molecular weight excluding hydrogens is 258 g/mol. The van der Waals surface area contributed by atoms with Crippen LogP contribution in [0.2, 0.25) is 0 Å². The van der Waals surface area contributed by atoms with Crippen molar-refractivity contribution >= 4 is 11.9 Å². The monoisotopic (exact) mass is 277 g/mol. The summed E-state index contributed by atoms with van der Waals surface area (Å²) in [5, 5.41) is 0. The fourth-order valence-corrected chi connectivity index (χ4v) is 2.50. The van der Waals surface area contributed by atoms with E-state index in [-0.39, 0.29) is 5.78 Å². The highest BCUT2D eigenvalue weighted by Gasteiger charge is 2.33. The molecule has 2 rings (SSSR count). The number of hydrogen-bond donors (Lipinski definition) is 0. The zero-order valence-corrected chi connectivity index (χ0v) is 11.8. The van der Waals surface area contributed by atoms with Crippen LogP contribution in [-0.4, -0.2) is 43.6 Å². The van der Waals surface area contributed by atoms with Crippen LogP contribution in [0, 0.1) is 0 Å². The molecular formula is C15H19NO4. The maximum Gasteiger partial charge on any atom is 0.410 e. The summed E-state index contributed by atoms with van der Waals surface area (Å²) in [6.45, 7) is 0.563. The molecule has 1 aliphatic heterocycles. The minimum absolute atomic E-state index is 0.0875. The van der Waals surface area contributed by atoms with Crippen LogP contribution in [-0.2, 0) is 16.0 Å². The number of piperidine rings is 1. The van der Waals surface area contributed by atoms with Gasteiger partial charge in [0.1, 0.15) is 5.75 Å². The summed E-state index contributed by atoms with van der Waals surface area (Å²) in [6, 6.07) is 7.11. The number of methoxy groups -OCH3 is 2. The van der Waals surface area contributed by atoms with E-state index in [4.69, 9.17) is 9.47 Å². The molecule has 0 aliphatic carbocycles. The van der Waals surface area contributed by atoms with E-state index in [1.54, 1.807) is 7.11 Å². The molecule has 1 unspecified atom stereocenters. The predicted octanol–water partition coefficient (Wildman–Crippen LogP) is 2.04. The van der Waals surface area contributed by atoms with Crippen LogP contribution in [0.4, 0.5) is 4.79 Å². The fourth-order valence-electron chi connectivity index (χ4n) is 2.50. The van der Waals surface area contributed by atoms with Crippen molar-refractivity contribution in [3.63, 3.8) is 0 Å². The lowest BCUT2D eigenvalue weighted by molar-refractivity contribution is -0.126. The molecule has 1 aromatic rings. The van der Waals surface area contributed by atoms with Gasteiger partial charge in [-0.05, 0) is 24.1 Å². The molecule has 5 heteroatoms. The SMILES string of the molecule is COC(=O)N1CCCC(=O)C1Cc1cccc(OC)c1. The number of benzene rings is 1. The Balaban J connectivity index is 2.18. The lowest BCUT2D eigenvalue weighted by Gasteiger charge is -2.33. The Morgan fingerprint density at radius 2 is 2.20 bits per heavy atom. The van der Waals surface area contributed by atoms with Gasteiger partial charge in [-0.1, -0.05) is 12.1 Å². The minimum Gasteiger partial charge on any atom is -0.497 e. The number of carbonyl (C=O) groups excluding carboxylic acids is 2. The van der Waals surface area contributed by atoms with E-state index < -0.39 is 12.1 Å². The zero-order chi connectivity index (χ0) is 14.5. The van der Waals surface area contributed by atoms with E-state index in [0.717, 1.165) is 11.3 Å². The normalized spacial score (nSPS) is 18.8. The molecule has 1 fully saturated rings. The van der Waals surface area contributed by atoms with Crippen molar-refractivity contribution in [3.05, 3.63) is 29.8 Å². The van der Waals surface area contributed by atoms with E-state index in [9.17, 15) is 9.59 Å². The lowest BCUT2D eigenvalue weighted by Crippen LogP contribution is -2.50. The van der Waals surface area contributed by atoms with Crippen LogP contribution in [0.15, 0.2) is 24.3 Å². The van der Waals surface area contributed by atoms with Gasteiger partial charge in [-0.25, -0.2) is 4.79 Å². The van der Waals surface area contributed by atoms with Gasteiger partial charge in [-0.15, -0.1) is 0 Å². The average Bonchev–Trinajstić information content (AvgIpc) is 2.48. The summed E-state index contributed by atoms with van der Waals surface area (Å²) in [7, 11) is 2.94. The van der Waals surface area contributed by atoms with Gasteiger partial charge >= 0.3 is 6.09 Å². The third-order valence-corrected chi connectivity index (χ3v) is 3.54. The number of hydrogen-bond acceptors (Lipinski definition) is 4. The molecule has 0 N–H and O–H groups in total. The summed E-state index contributed by atoms with van der Waals surface area (Å²) in [6.07, 6.45) is 1.27. The predicted molar refractivity (Wildman–Crippen MR) is 73.8 cm³/mol.